The summed E-state index contributed by atoms with van der Waals surface area (Å²) in [6, 6.07) is 14.1. The zero-order valence-corrected chi connectivity index (χ0v) is 11.3. The average molecular weight is 276 g/mol. The van der Waals surface area contributed by atoms with E-state index in [1.54, 1.807) is 30.3 Å². The van der Waals surface area contributed by atoms with Crippen LogP contribution < -0.4 is 10.1 Å². The van der Waals surface area contributed by atoms with Crippen LogP contribution in [0.3, 0.4) is 0 Å². The van der Waals surface area contributed by atoms with Gasteiger partial charge in [0.15, 0.2) is 0 Å². The summed E-state index contributed by atoms with van der Waals surface area (Å²) < 4.78 is 5.46. The summed E-state index contributed by atoms with van der Waals surface area (Å²) >= 11 is 5.87. The Bertz CT molecular complexity index is 584. The first-order valence-electron chi connectivity index (χ1n) is 5.99. The van der Waals surface area contributed by atoms with Gasteiger partial charge in [0.05, 0.1) is 12.3 Å². The molecular weight excluding hydrogens is 262 g/mol. The van der Waals surface area contributed by atoms with Crippen molar-refractivity contribution in [3.63, 3.8) is 0 Å². The van der Waals surface area contributed by atoms with Crippen LogP contribution in [0.5, 0.6) is 5.75 Å². The summed E-state index contributed by atoms with van der Waals surface area (Å²) in [4.78, 5) is 12.1. The van der Waals surface area contributed by atoms with E-state index in [1.807, 2.05) is 25.1 Å². The molecule has 0 aliphatic heterocycles. The Hall–Kier alpha value is -2.00. The fourth-order valence-electron chi connectivity index (χ4n) is 1.68. The van der Waals surface area contributed by atoms with Gasteiger partial charge in [0.2, 0.25) is 0 Å². The number of amides is 1. The molecule has 0 heterocycles. The van der Waals surface area contributed by atoms with Crippen molar-refractivity contribution >= 4 is 23.2 Å². The van der Waals surface area contributed by atoms with E-state index in [4.69, 9.17) is 16.3 Å². The summed E-state index contributed by atoms with van der Waals surface area (Å²) in [5.74, 6) is 0.440. The van der Waals surface area contributed by atoms with Crippen molar-refractivity contribution in [2.24, 2.45) is 0 Å². The third kappa shape index (κ3) is 3.48. The largest absolute Gasteiger partial charge is 0.492 e. The van der Waals surface area contributed by atoms with Crippen LogP contribution in [0.1, 0.15) is 17.3 Å². The Balaban J connectivity index is 2.19. The highest BCUT2D eigenvalue weighted by Gasteiger charge is 2.09. The number of rotatable bonds is 4. The summed E-state index contributed by atoms with van der Waals surface area (Å²) in [5.41, 5.74) is 1.16. The fourth-order valence-corrected chi connectivity index (χ4v) is 1.87. The molecule has 0 aliphatic rings. The number of carbonyl (C=O) groups excluding carboxylic acids is 1. The first-order valence-corrected chi connectivity index (χ1v) is 6.37. The number of hydrogen-bond donors (Lipinski definition) is 1. The molecule has 1 amide bonds. The van der Waals surface area contributed by atoms with Crippen molar-refractivity contribution in [1.82, 2.24) is 0 Å². The second kappa shape index (κ2) is 6.25. The van der Waals surface area contributed by atoms with E-state index in [0.717, 1.165) is 0 Å². The number of anilines is 1. The van der Waals surface area contributed by atoms with Gasteiger partial charge in [-0.2, -0.15) is 0 Å². The van der Waals surface area contributed by atoms with Crippen molar-refractivity contribution in [1.29, 1.82) is 0 Å². The summed E-state index contributed by atoms with van der Waals surface area (Å²) in [6.07, 6.45) is 0. The molecule has 98 valence electrons. The van der Waals surface area contributed by atoms with Crippen LogP contribution in [0, 0.1) is 0 Å². The number of benzene rings is 2. The maximum absolute atomic E-state index is 12.1. The lowest BCUT2D eigenvalue weighted by Gasteiger charge is -2.11. The van der Waals surface area contributed by atoms with Gasteiger partial charge in [0, 0.05) is 10.6 Å². The quantitative estimate of drug-likeness (QED) is 0.916. The lowest BCUT2D eigenvalue weighted by Crippen LogP contribution is -2.12. The van der Waals surface area contributed by atoms with Crippen molar-refractivity contribution < 1.29 is 9.53 Å². The number of hydrogen-bond acceptors (Lipinski definition) is 2. The number of nitrogens with one attached hydrogen (secondary N) is 1. The highest BCUT2D eigenvalue weighted by molar-refractivity contribution is 6.31. The minimum absolute atomic E-state index is 0.213. The van der Waals surface area contributed by atoms with Crippen LogP contribution in [0.2, 0.25) is 5.02 Å². The second-order valence-electron chi connectivity index (χ2n) is 3.89. The Labute approximate surface area is 117 Å². The first-order chi connectivity index (χ1) is 9.20. The molecule has 0 saturated heterocycles. The van der Waals surface area contributed by atoms with Crippen LogP contribution in [0.25, 0.3) is 0 Å². The summed E-state index contributed by atoms with van der Waals surface area (Å²) in [5, 5.41) is 3.35. The maximum Gasteiger partial charge on any atom is 0.255 e. The van der Waals surface area contributed by atoms with E-state index >= 15 is 0 Å². The molecule has 0 unspecified atom stereocenters. The van der Waals surface area contributed by atoms with Crippen LogP contribution in [-0.4, -0.2) is 12.5 Å². The Morgan fingerprint density at radius 3 is 2.74 bits per heavy atom. The highest BCUT2D eigenvalue weighted by atomic mass is 35.5. The predicted octanol–water partition coefficient (Wildman–Crippen LogP) is 3.99. The van der Waals surface area contributed by atoms with Gasteiger partial charge >= 0.3 is 0 Å². The van der Waals surface area contributed by atoms with E-state index < -0.39 is 0 Å². The molecule has 4 heteroatoms. The van der Waals surface area contributed by atoms with Gasteiger partial charge in [0.1, 0.15) is 5.75 Å². The fraction of sp³-hybridized carbons (Fsp3) is 0.133. The van der Waals surface area contributed by atoms with Crippen LogP contribution in [0.15, 0.2) is 48.5 Å². The van der Waals surface area contributed by atoms with Gasteiger partial charge in [0.25, 0.3) is 5.91 Å². The van der Waals surface area contributed by atoms with E-state index in [9.17, 15) is 4.79 Å². The van der Waals surface area contributed by atoms with Gasteiger partial charge in [-0.1, -0.05) is 29.8 Å². The normalized spacial score (nSPS) is 10.0. The minimum atomic E-state index is -0.213. The molecule has 2 aromatic carbocycles. The number of carbonyl (C=O) groups is 1. The number of ether oxygens (including phenoxy) is 1. The maximum atomic E-state index is 12.1. The second-order valence-corrected chi connectivity index (χ2v) is 4.33. The topological polar surface area (TPSA) is 38.3 Å². The summed E-state index contributed by atoms with van der Waals surface area (Å²) in [6.45, 7) is 2.44. The van der Waals surface area contributed by atoms with Crippen molar-refractivity contribution in [2.45, 2.75) is 6.92 Å². The van der Waals surface area contributed by atoms with Gasteiger partial charge in [-0.05, 0) is 37.3 Å². The van der Waals surface area contributed by atoms with E-state index in [-0.39, 0.29) is 5.91 Å². The smallest absolute Gasteiger partial charge is 0.255 e. The molecule has 0 atom stereocenters. The van der Waals surface area contributed by atoms with Crippen molar-refractivity contribution in [3.05, 3.63) is 59.1 Å². The van der Waals surface area contributed by atoms with Crippen molar-refractivity contribution in [3.8, 4) is 5.75 Å². The third-order valence-electron chi connectivity index (χ3n) is 2.52. The minimum Gasteiger partial charge on any atom is -0.492 e. The standard InChI is InChI=1S/C15H14ClNO2/c1-2-19-14-9-4-3-8-13(14)17-15(18)11-6-5-7-12(16)10-11/h3-10H,2H2,1H3,(H,17,18). The average Bonchev–Trinajstić information content (AvgIpc) is 2.41. The molecular formula is C15H14ClNO2. The highest BCUT2D eigenvalue weighted by Crippen LogP contribution is 2.24. The van der Waals surface area contributed by atoms with E-state index in [2.05, 4.69) is 5.32 Å². The molecule has 19 heavy (non-hydrogen) atoms. The molecule has 2 rings (SSSR count). The SMILES string of the molecule is CCOc1ccccc1NC(=O)c1cccc(Cl)c1. The molecule has 3 nitrogen and oxygen atoms in total. The zero-order valence-electron chi connectivity index (χ0n) is 10.5. The monoisotopic (exact) mass is 275 g/mol. The van der Waals surface area contributed by atoms with E-state index in [0.29, 0.717) is 28.6 Å². The van der Waals surface area contributed by atoms with Crippen LogP contribution in [-0.2, 0) is 0 Å². The molecule has 0 aromatic heterocycles. The van der Waals surface area contributed by atoms with Gasteiger partial charge < -0.3 is 10.1 Å². The molecule has 0 saturated carbocycles. The Morgan fingerprint density at radius 1 is 1.21 bits per heavy atom. The van der Waals surface area contributed by atoms with Crippen LogP contribution in [0.4, 0.5) is 5.69 Å². The lowest BCUT2D eigenvalue weighted by molar-refractivity contribution is 0.102. The molecule has 0 bridgehead atoms. The number of halogens is 1. The Kier molecular flexibility index (Phi) is 4.42. The summed E-state index contributed by atoms with van der Waals surface area (Å²) in [7, 11) is 0. The predicted molar refractivity (Wildman–Crippen MR) is 77.0 cm³/mol. The molecule has 0 spiro atoms. The van der Waals surface area contributed by atoms with E-state index in [1.165, 1.54) is 0 Å². The number of para-hydroxylation sites is 2. The molecule has 1 N–H and O–H groups in total. The first kappa shape index (κ1) is 13.4. The van der Waals surface area contributed by atoms with Gasteiger partial charge in [-0.15, -0.1) is 0 Å². The van der Waals surface area contributed by atoms with Crippen LogP contribution >= 0.6 is 11.6 Å². The molecule has 0 aliphatic carbocycles. The van der Waals surface area contributed by atoms with Gasteiger partial charge in [-0.3, -0.25) is 4.79 Å². The zero-order chi connectivity index (χ0) is 13.7. The molecule has 2 aromatic rings. The molecule has 0 radical (unpaired) electrons. The van der Waals surface area contributed by atoms with Gasteiger partial charge in [-0.25, -0.2) is 0 Å². The third-order valence-corrected chi connectivity index (χ3v) is 2.76. The lowest BCUT2D eigenvalue weighted by atomic mass is 10.2. The van der Waals surface area contributed by atoms with Crippen molar-refractivity contribution in [2.75, 3.05) is 11.9 Å². The molecule has 0 fully saturated rings. The Morgan fingerprint density at radius 2 is 2.00 bits per heavy atom.